The molecule has 2 bridgehead atoms. The number of halogens is 1. The maximum absolute atomic E-state index is 9.14. The summed E-state index contributed by atoms with van der Waals surface area (Å²) in [5.74, 6) is 0. The Bertz CT molecular complexity index is 91.1. The summed E-state index contributed by atoms with van der Waals surface area (Å²) in [7, 11) is 0. The zero-order valence-corrected chi connectivity index (χ0v) is 5.73. The molecule has 2 fully saturated rings. The molecule has 4 heteroatoms. The first kappa shape index (κ1) is 7.28. The molecule has 54 valence electrons. The third-order valence-electron chi connectivity index (χ3n) is 1.86. The molecule has 0 aliphatic carbocycles. The highest BCUT2D eigenvalue weighted by atomic mass is 35.5. The van der Waals surface area contributed by atoms with Crippen molar-refractivity contribution >= 4 is 12.4 Å². The smallest absolute Gasteiger partial charge is 0.0989 e. The van der Waals surface area contributed by atoms with E-state index in [-0.39, 0.29) is 30.7 Å². The quantitative estimate of drug-likeness (QED) is 0.474. The number of aliphatic hydroxyl groups excluding tert-OH is 1. The van der Waals surface area contributed by atoms with Crippen molar-refractivity contribution in [3.63, 3.8) is 0 Å². The van der Waals surface area contributed by atoms with Gasteiger partial charge in [-0.2, -0.15) is 0 Å². The van der Waals surface area contributed by atoms with Crippen LogP contribution < -0.4 is 5.32 Å². The van der Waals surface area contributed by atoms with Crippen LogP contribution >= 0.6 is 12.4 Å². The SMILES string of the molecule is Cl.OC1C2COC1CN2. The minimum Gasteiger partial charge on any atom is -0.389 e. The molecule has 0 amide bonds. The predicted molar refractivity (Wildman–Crippen MR) is 34.8 cm³/mol. The molecule has 0 aromatic rings. The van der Waals surface area contributed by atoms with Crippen LogP contribution in [0.5, 0.6) is 0 Å². The molecule has 0 radical (unpaired) electrons. The summed E-state index contributed by atoms with van der Waals surface area (Å²) in [6, 6.07) is 0.222. The van der Waals surface area contributed by atoms with Gasteiger partial charge < -0.3 is 15.2 Å². The second-order valence-corrected chi connectivity index (χ2v) is 2.38. The van der Waals surface area contributed by atoms with Crippen molar-refractivity contribution in [1.29, 1.82) is 0 Å². The summed E-state index contributed by atoms with van der Waals surface area (Å²) in [6.45, 7) is 1.51. The molecule has 9 heavy (non-hydrogen) atoms. The molecule has 3 nitrogen and oxygen atoms in total. The van der Waals surface area contributed by atoms with Gasteiger partial charge in [-0.1, -0.05) is 0 Å². The summed E-state index contributed by atoms with van der Waals surface area (Å²) in [5.41, 5.74) is 0. The van der Waals surface area contributed by atoms with Crippen LogP contribution in [-0.2, 0) is 4.74 Å². The maximum atomic E-state index is 9.14. The lowest BCUT2D eigenvalue weighted by Gasteiger charge is -2.08. The fraction of sp³-hybridized carbons (Fsp3) is 1.00. The third kappa shape index (κ3) is 0.942. The lowest BCUT2D eigenvalue weighted by atomic mass is 10.2. The van der Waals surface area contributed by atoms with Crippen LogP contribution in [0, 0.1) is 0 Å². The number of ether oxygens (including phenoxy) is 1. The Morgan fingerprint density at radius 1 is 1.56 bits per heavy atom. The van der Waals surface area contributed by atoms with Crippen molar-refractivity contribution in [3.05, 3.63) is 0 Å². The van der Waals surface area contributed by atoms with Crippen molar-refractivity contribution in [1.82, 2.24) is 5.32 Å². The van der Waals surface area contributed by atoms with Crippen LogP contribution in [0.1, 0.15) is 0 Å². The standard InChI is InChI=1S/C5H9NO2.ClH/c7-5-3-2-8-4(5)1-6-3;/h3-7H,1-2H2;1H. The Hall–Kier alpha value is 0.170. The molecular formula is C5H10ClNO2. The van der Waals surface area contributed by atoms with Gasteiger partial charge in [0.1, 0.15) is 0 Å². The van der Waals surface area contributed by atoms with Crippen LogP contribution in [0.25, 0.3) is 0 Å². The molecule has 0 saturated carbocycles. The topological polar surface area (TPSA) is 41.5 Å². The summed E-state index contributed by atoms with van der Waals surface area (Å²) in [6.07, 6.45) is -0.157. The predicted octanol–water partition coefficient (Wildman–Crippen LogP) is -0.860. The van der Waals surface area contributed by atoms with Gasteiger partial charge in [0, 0.05) is 6.54 Å². The van der Waals surface area contributed by atoms with Gasteiger partial charge in [0.25, 0.3) is 0 Å². The van der Waals surface area contributed by atoms with Crippen LogP contribution in [0.2, 0.25) is 0 Å². The molecule has 0 aromatic carbocycles. The molecule has 2 N–H and O–H groups in total. The second-order valence-electron chi connectivity index (χ2n) is 2.38. The number of rotatable bonds is 0. The van der Waals surface area contributed by atoms with E-state index < -0.39 is 0 Å². The number of hydrogen-bond acceptors (Lipinski definition) is 3. The summed E-state index contributed by atoms with van der Waals surface area (Å²) >= 11 is 0. The second kappa shape index (κ2) is 2.42. The fourth-order valence-electron chi connectivity index (χ4n) is 1.31. The van der Waals surface area contributed by atoms with Gasteiger partial charge in [0.05, 0.1) is 24.9 Å². The molecule has 2 heterocycles. The van der Waals surface area contributed by atoms with E-state index in [0.29, 0.717) is 6.61 Å². The Morgan fingerprint density at radius 2 is 2.33 bits per heavy atom. The highest BCUT2D eigenvalue weighted by molar-refractivity contribution is 5.85. The van der Waals surface area contributed by atoms with Crippen molar-refractivity contribution in [3.8, 4) is 0 Å². The first-order valence-electron chi connectivity index (χ1n) is 2.91. The van der Waals surface area contributed by atoms with E-state index in [0.717, 1.165) is 6.54 Å². The van der Waals surface area contributed by atoms with E-state index in [1.54, 1.807) is 0 Å². The molecule has 2 saturated heterocycles. The van der Waals surface area contributed by atoms with Crippen molar-refractivity contribution < 1.29 is 9.84 Å². The van der Waals surface area contributed by atoms with Gasteiger partial charge in [-0.3, -0.25) is 0 Å². The minimum atomic E-state index is -0.241. The molecule has 0 spiro atoms. The molecule has 3 atom stereocenters. The Kier molecular flexibility index (Phi) is 1.96. The molecule has 2 aliphatic heterocycles. The Morgan fingerprint density at radius 3 is 2.44 bits per heavy atom. The lowest BCUT2D eigenvalue weighted by Crippen LogP contribution is -2.32. The van der Waals surface area contributed by atoms with E-state index in [4.69, 9.17) is 9.84 Å². The average Bonchev–Trinajstić information content (AvgIpc) is 2.29. The van der Waals surface area contributed by atoms with E-state index in [1.807, 2.05) is 0 Å². The number of aliphatic hydroxyl groups is 1. The Balaban J connectivity index is 0.000000405. The van der Waals surface area contributed by atoms with Crippen molar-refractivity contribution in [2.75, 3.05) is 13.2 Å². The molecule has 2 aliphatic rings. The van der Waals surface area contributed by atoms with E-state index >= 15 is 0 Å². The van der Waals surface area contributed by atoms with Crippen molar-refractivity contribution in [2.45, 2.75) is 18.2 Å². The first-order valence-corrected chi connectivity index (χ1v) is 2.91. The van der Waals surface area contributed by atoms with Gasteiger partial charge in [-0.15, -0.1) is 12.4 Å². The van der Waals surface area contributed by atoms with Crippen LogP contribution in [-0.4, -0.2) is 36.5 Å². The van der Waals surface area contributed by atoms with Crippen LogP contribution in [0.3, 0.4) is 0 Å². The largest absolute Gasteiger partial charge is 0.389 e. The van der Waals surface area contributed by atoms with Gasteiger partial charge in [0.2, 0.25) is 0 Å². The van der Waals surface area contributed by atoms with Crippen LogP contribution in [0.4, 0.5) is 0 Å². The van der Waals surface area contributed by atoms with Gasteiger partial charge in [-0.25, -0.2) is 0 Å². The van der Waals surface area contributed by atoms with E-state index in [1.165, 1.54) is 0 Å². The average molecular weight is 152 g/mol. The highest BCUT2D eigenvalue weighted by Gasteiger charge is 2.41. The highest BCUT2D eigenvalue weighted by Crippen LogP contribution is 2.19. The van der Waals surface area contributed by atoms with Gasteiger partial charge in [-0.05, 0) is 0 Å². The fourth-order valence-corrected chi connectivity index (χ4v) is 1.31. The number of fused-ring (bicyclic) bond motifs is 2. The normalized spacial score (nSPS) is 47.0. The van der Waals surface area contributed by atoms with E-state index in [9.17, 15) is 0 Å². The van der Waals surface area contributed by atoms with Gasteiger partial charge >= 0.3 is 0 Å². The minimum absolute atomic E-state index is 0. The Labute approximate surface area is 59.8 Å². The molecular weight excluding hydrogens is 142 g/mol. The van der Waals surface area contributed by atoms with Crippen molar-refractivity contribution in [2.24, 2.45) is 0 Å². The third-order valence-corrected chi connectivity index (χ3v) is 1.86. The first-order chi connectivity index (χ1) is 3.88. The molecule has 3 unspecified atom stereocenters. The summed E-state index contributed by atoms with van der Waals surface area (Å²) < 4.78 is 5.15. The number of nitrogens with one attached hydrogen (secondary N) is 1. The molecule has 2 rings (SSSR count). The summed E-state index contributed by atoms with van der Waals surface area (Å²) in [5, 5.41) is 12.3. The summed E-state index contributed by atoms with van der Waals surface area (Å²) in [4.78, 5) is 0. The monoisotopic (exact) mass is 151 g/mol. The lowest BCUT2D eigenvalue weighted by molar-refractivity contribution is 0.0519. The zero-order valence-electron chi connectivity index (χ0n) is 4.91. The number of hydrogen-bond donors (Lipinski definition) is 2. The molecule has 0 aromatic heterocycles. The zero-order chi connectivity index (χ0) is 5.56. The number of morpholine rings is 1. The maximum Gasteiger partial charge on any atom is 0.0989 e. The van der Waals surface area contributed by atoms with Crippen LogP contribution in [0.15, 0.2) is 0 Å². The van der Waals surface area contributed by atoms with E-state index in [2.05, 4.69) is 5.32 Å². The van der Waals surface area contributed by atoms with Gasteiger partial charge in [0.15, 0.2) is 0 Å².